The summed E-state index contributed by atoms with van der Waals surface area (Å²) in [5, 5.41) is 39.9. The molecule has 6 atom stereocenters. The minimum atomic E-state index is -1.59. The molecule has 1 aliphatic heterocycles. The van der Waals surface area contributed by atoms with Crippen molar-refractivity contribution in [2.24, 2.45) is 0 Å². The molecule has 2 unspecified atom stereocenters. The molecule has 1 saturated heterocycles. The number of carbonyl (C=O) groups is 2. The van der Waals surface area contributed by atoms with Gasteiger partial charge in [0, 0.05) is 12.8 Å². The number of rotatable bonds is 32. The number of aliphatic hydroxyl groups is 4. The molecule has 0 aliphatic carbocycles. The van der Waals surface area contributed by atoms with E-state index in [-0.39, 0.29) is 32.0 Å². The molecule has 0 aromatic carbocycles. The van der Waals surface area contributed by atoms with Crippen LogP contribution in [0.5, 0.6) is 0 Å². The Labute approximate surface area is 291 Å². The quantitative estimate of drug-likeness (QED) is 0.0427. The van der Waals surface area contributed by atoms with Crippen LogP contribution in [0.3, 0.4) is 0 Å². The SMILES string of the molecule is CCCCCCCCCCCCCCCCC(=O)O[C@H](COC(=O)CCCCCCCCCCC)CO[C@@H]1O[C@H](CO)[C@H](O)C(O)C1O. The lowest BCUT2D eigenvalue weighted by Gasteiger charge is -2.39. The minimum absolute atomic E-state index is 0.210. The van der Waals surface area contributed by atoms with Crippen molar-refractivity contribution in [2.45, 2.75) is 211 Å². The zero-order chi connectivity index (χ0) is 35.2. The molecule has 0 aromatic heterocycles. The van der Waals surface area contributed by atoms with Crippen LogP contribution < -0.4 is 0 Å². The predicted molar refractivity (Wildman–Crippen MR) is 187 cm³/mol. The topological polar surface area (TPSA) is 152 Å². The van der Waals surface area contributed by atoms with Gasteiger partial charge < -0.3 is 39.4 Å². The van der Waals surface area contributed by atoms with Crippen molar-refractivity contribution in [3.8, 4) is 0 Å². The normalized spacial score (nSPS) is 21.7. The van der Waals surface area contributed by atoms with Crippen LogP contribution in [0, 0.1) is 0 Å². The van der Waals surface area contributed by atoms with Gasteiger partial charge >= 0.3 is 11.9 Å². The van der Waals surface area contributed by atoms with Crippen LogP contribution in [-0.4, -0.2) is 89.0 Å². The fraction of sp³-hybridized carbons (Fsp3) is 0.947. The van der Waals surface area contributed by atoms with Gasteiger partial charge in [0.1, 0.15) is 31.0 Å². The molecule has 0 radical (unpaired) electrons. The molecule has 48 heavy (non-hydrogen) atoms. The number of carbonyl (C=O) groups excluding carboxylic acids is 2. The first kappa shape index (κ1) is 44.7. The average Bonchev–Trinajstić information content (AvgIpc) is 3.08. The van der Waals surface area contributed by atoms with Gasteiger partial charge in [-0.15, -0.1) is 0 Å². The molecule has 4 N–H and O–H groups in total. The van der Waals surface area contributed by atoms with E-state index >= 15 is 0 Å². The molecule has 1 fully saturated rings. The summed E-state index contributed by atoms with van der Waals surface area (Å²) < 4.78 is 22.0. The molecule has 1 heterocycles. The average molecular weight is 689 g/mol. The number of hydrogen-bond acceptors (Lipinski definition) is 10. The fourth-order valence-corrected chi connectivity index (χ4v) is 6.07. The molecule has 10 heteroatoms. The largest absolute Gasteiger partial charge is 0.462 e. The van der Waals surface area contributed by atoms with Crippen molar-refractivity contribution in [3.05, 3.63) is 0 Å². The lowest BCUT2D eigenvalue weighted by Crippen LogP contribution is -2.59. The summed E-state index contributed by atoms with van der Waals surface area (Å²) in [6.45, 7) is 3.40. The van der Waals surface area contributed by atoms with E-state index in [0.717, 1.165) is 38.5 Å². The molecule has 1 rings (SSSR count). The summed E-state index contributed by atoms with van der Waals surface area (Å²) in [6.07, 6.45) is 19.8. The maximum atomic E-state index is 12.7. The van der Waals surface area contributed by atoms with Gasteiger partial charge in [-0.3, -0.25) is 9.59 Å². The van der Waals surface area contributed by atoms with Crippen LogP contribution in [0.1, 0.15) is 174 Å². The molecule has 0 saturated carbocycles. The van der Waals surface area contributed by atoms with Gasteiger partial charge in [0.15, 0.2) is 12.4 Å². The third kappa shape index (κ3) is 22.4. The van der Waals surface area contributed by atoms with Crippen molar-refractivity contribution in [2.75, 3.05) is 19.8 Å². The number of hydrogen-bond donors (Lipinski definition) is 4. The molecule has 0 spiro atoms. The number of esters is 2. The second kappa shape index (κ2) is 30.5. The van der Waals surface area contributed by atoms with E-state index in [9.17, 15) is 30.0 Å². The van der Waals surface area contributed by atoms with Gasteiger partial charge in [0.2, 0.25) is 0 Å². The Morgan fingerprint density at radius 3 is 1.42 bits per heavy atom. The van der Waals surface area contributed by atoms with Crippen LogP contribution in [0.25, 0.3) is 0 Å². The summed E-state index contributed by atoms with van der Waals surface area (Å²) >= 11 is 0. The van der Waals surface area contributed by atoms with Crippen LogP contribution in [0.15, 0.2) is 0 Å². The molecule has 0 bridgehead atoms. The van der Waals surface area contributed by atoms with E-state index in [2.05, 4.69) is 13.8 Å². The number of aliphatic hydroxyl groups excluding tert-OH is 4. The molecule has 10 nitrogen and oxygen atoms in total. The smallest absolute Gasteiger partial charge is 0.306 e. The van der Waals surface area contributed by atoms with Crippen molar-refractivity contribution in [1.29, 1.82) is 0 Å². The second-order valence-corrected chi connectivity index (χ2v) is 13.8. The predicted octanol–water partition coefficient (Wildman–Crippen LogP) is 7.05. The number of ether oxygens (including phenoxy) is 4. The van der Waals surface area contributed by atoms with Gasteiger partial charge in [-0.2, -0.15) is 0 Å². The lowest BCUT2D eigenvalue weighted by atomic mass is 9.99. The van der Waals surface area contributed by atoms with Crippen molar-refractivity contribution in [3.63, 3.8) is 0 Å². The summed E-state index contributed by atoms with van der Waals surface area (Å²) in [5.41, 5.74) is 0. The third-order valence-corrected chi connectivity index (χ3v) is 9.24. The van der Waals surface area contributed by atoms with Crippen LogP contribution >= 0.6 is 0 Å². The molecule has 0 amide bonds. The van der Waals surface area contributed by atoms with Crippen LogP contribution in [0.2, 0.25) is 0 Å². The molecule has 1 aliphatic rings. The third-order valence-electron chi connectivity index (χ3n) is 9.24. The maximum Gasteiger partial charge on any atom is 0.306 e. The van der Waals surface area contributed by atoms with Gasteiger partial charge in [0.05, 0.1) is 13.2 Å². The van der Waals surface area contributed by atoms with Gasteiger partial charge in [-0.1, -0.05) is 149 Å². The highest BCUT2D eigenvalue weighted by Crippen LogP contribution is 2.22. The Kier molecular flexibility index (Phi) is 28.4. The minimum Gasteiger partial charge on any atom is -0.462 e. The van der Waals surface area contributed by atoms with Gasteiger partial charge in [0.25, 0.3) is 0 Å². The fourth-order valence-electron chi connectivity index (χ4n) is 6.07. The Bertz CT molecular complexity index is 764. The standard InChI is InChI=1S/C38H72O10/c1-3-5-7-9-11-13-14-15-16-17-19-21-23-25-27-34(41)47-31(30-46-38-37(44)36(43)35(42)32(28-39)48-38)29-45-33(40)26-24-22-20-18-12-10-8-6-4-2/h31-32,35-39,42-44H,3-30H2,1-2H3/t31-,32-,35+,36?,37?,38-/m1/s1. The summed E-state index contributed by atoms with van der Waals surface area (Å²) in [4.78, 5) is 25.1. The highest BCUT2D eigenvalue weighted by Gasteiger charge is 2.44. The Hall–Kier alpha value is -1.30. The zero-order valence-electron chi connectivity index (χ0n) is 30.5. The first-order valence-electron chi connectivity index (χ1n) is 19.6. The van der Waals surface area contributed by atoms with Gasteiger partial charge in [-0.05, 0) is 12.8 Å². The van der Waals surface area contributed by atoms with Gasteiger partial charge in [-0.25, -0.2) is 0 Å². The number of unbranched alkanes of at least 4 members (excludes halogenated alkanes) is 21. The van der Waals surface area contributed by atoms with E-state index < -0.39 is 49.4 Å². The summed E-state index contributed by atoms with van der Waals surface area (Å²) in [6, 6.07) is 0. The molecule has 284 valence electrons. The first-order chi connectivity index (χ1) is 23.3. The van der Waals surface area contributed by atoms with E-state index in [1.54, 1.807) is 0 Å². The Morgan fingerprint density at radius 2 is 0.979 bits per heavy atom. The van der Waals surface area contributed by atoms with E-state index in [4.69, 9.17) is 18.9 Å². The van der Waals surface area contributed by atoms with Crippen molar-refractivity contribution >= 4 is 11.9 Å². The van der Waals surface area contributed by atoms with E-state index in [1.807, 2.05) is 0 Å². The van der Waals surface area contributed by atoms with Crippen molar-refractivity contribution in [1.82, 2.24) is 0 Å². The lowest BCUT2D eigenvalue weighted by molar-refractivity contribution is -0.305. The highest BCUT2D eigenvalue weighted by molar-refractivity contribution is 5.70. The van der Waals surface area contributed by atoms with Crippen LogP contribution in [0.4, 0.5) is 0 Å². The Balaban J connectivity index is 2.38. The van der Waals surface area contributed by atoms with E-state index in [0.29, 0.717) is 6.42 Å². The van der Waals surface area contributed by atoms with E-state index in [1.165, 1.54) is 103 Å². The summed E-state index contributed by atoms with van der Waals surface area (Å²) in [7, 11) is 0. The van der Waals surface area contributed by atoms with Crippen LogP contribution in [-0.2, 0) is 28.5 Å². The maximum absolute atomic E-state index is 12.7. The second-order valence-electron chi connectivity index (χ2n) is 13.8. The first-order valence-corrected chi connectivity index (χ1v) is 19.6. The molecular formula is C38H72O10. The highest BCUT2D eigenvalue weighted by atomic mass is 16.7. The Morgan fingerprint density at radius 1 is 0.562 bits per heavy atom. The summed E-state index contributed by atoms with van der Waals surface area (Å²) in [5.74, 6) is -0.801. The monoisotopic (exact) mass is 689 g/mol. The zero-order valence-corrected chi connectivity index (χ0v) is 30.5. The molecular weight excluding hydrogens is 616 g/mol. The molecule has 0 aromatic rings. The van der Waals surface area contributed by atoms with Crippen molar-refractivity contribution < 1.29 is 49.0 Å².